The van der Waals surface area contributed by atoms with Crippen molar-refractivity contribution in [2.75, 3.05) is 0 Å². The molecule has 0 atom stereocenters. The Hall–Kier alpha value is -2.82. The van der Waals surface area contributed by atoms with Crippen molar-refractivity contribution in [2.45, 2.75) is 43.9 Å². The molecule has 5 nitrogen and oxygen atoms in total. The van der Waals surface area contributed by atoms with E-state index in [1.165, 1.54) is 25.5 Å². The lowest BCUT2D eigenvalue weighted by Gasteiger charge is -2.57. The van der Waals surface area contributed by atoms with E-state index in [0.29, 0.717) is 16.9 Å². The molecular formula is C24H26N2O3. The molecule has 4 aliphatic rings. The van der Waals surface area contributed by atoms with E-state index >= 15 is 0 Å². The lowest BCUT2D eigenvalue weighted by atomic mass is 9.48. The lowest BCUT2D eigenvalue weighted by Crippen LogP contribution is -2.48. The van der Waals surface area contributed by atoms with E-state index in [1.807, 2.05) is 6.07 Å². The molecule has 0 unspecified atom stereocenters. The minimum atomic E-state index is -0.317. The van der Waals surface area contributed by atoms with Crippen LogP contribution in [0.3, 0.4) is 0 Å². The minimum Gasteiger partial charge on any atom is -0.508 e. The molecule has 0 radical (unpaired) electrons. The number of hydrogen-bond donors (Lipinski definition) is 3. The van der Waals surface area contributed by atoms with Crippen molar-refractivity contribution in [3.8, 4) is 11.5 Å². The van der Waals surface area contributed by atoms with Crippen molar-refractivity contribution in [3.63, 3.8) is 0 Å². The Morgan fingerprint density at radius 2 is 1.62 bits per heavy atom. The van der Waals surface area contributed by atoms with Gasteiger partial charge in [0.2, 0.25) is 0 Å². The number of hydrazone groups is 1. The van der Waals surface area contributed by atoms with Gasteiger partial charge in [-0.25, -0.2) is 5.43 Å². The molecule has 6 rings (SSSR count). The van der Waals surface area contributed by atoms with Crippen molar-refractivity contribution in [1.29, 1.82) is 0 Å². The van der Waals surface area contributed by atoms with Gasteiger partial charge in [0.1, 0.15) is 11.5 Å². The van der Waals surface area contributed by atoms with E-state index in [9.17, 15) is 15.0 Å². The summed E-state index contributed by atoms with van der Waals surface area (Å²) in [5, 5.41) is 24.4. The molecule has 0 aromatic heterocycles. The highest BCUT2D eigenvalue weighted by Crippen LogP contribution is 2.61. The number of carbonyl (C=O) groups is 1. The maximum absolute atomic E-state index is 12.6. The number of phenols is 2. The van der Waals surface area contributed by atoms with Crippen molar-refractivity contribution in [1.82, 2.24) is 5.43 Å². The number of nitrogens with one attached hydrogen (secondary N) is 1. The molecule has 4 fully saturated rings. The summed E-state index contributed by atoms with van der Waals surface area (Å²) >= 11 is 0. The van der Waals surface area contributed by atoms with E-state index in [2.05, 4.69) is 10.5 Å². The molecule has 0 aliphatic heterocycles. The van der Waals surface area contributed by atoms with Crippen LogP contribution in [0.1, 0.15) is 60.0 Å². The molecule has 2 aromatic carbocycles. The van der Waals surface area contributed by atoms with Gasteiger partial charge in [0.05, 0.1) is 6.21 Å². The third kappa shape index (κ3) is 3.28. The highest BCUT2D eigenvalue weighted by molar-refractivity contribution is 5.95. The summed E-state index contributed by atoms with van der Waals surface area (Å²) in [5.74, 6) is 2.40. The standard InChI is InChI=1S/C24H26N2O3/c27-21-4-2-1-3-19(21)14-25-26-23(29)18-5-6-22(28)20(10-18)24-11-15-7-16(12-24)9-17(8-15)13-24/h1-6,10,14-17,27-28H,7-9,11-13H2,(H,26,29)/b25-14+. The molecular weight excluding hydrogens is 364 g/mol. The Morgan fingerprint density at radius 3 is 2.28 bits per heavy atom. The number of phenolic OH excluding ortho intramolecular Hbond substituents is 2. The van der Waals surface area contributed by atoms with Crippen LogP contribution < -0.4 is 5.43 Å². The van der Waals surface area contributed by atoms with Gasteiger partial charge in [0, 0.05) is 16.7 Å². The maximum Gasteiger partial charge on any atom is 0.271 e. The smallest absolute Gasteiger partial charge is 0.271 e. The molecule has 0 saturated heterocycles. The first-order chi connectivity index (χ1) is 14.0. The third-order valence-corrected chi connectivity index (χ3v) is 7.17. The zero-order valence-corrected chi connectivity index (χ0v) is 16.3. The van der Waals surface area contributed by atoms with Crippen LogP contribution in [0.4, 0.5) is 0 Å². The van der Waals surface area contributed by atoms with Gasteiger partial charge in [-0.15, -0.1) is 0 Å². The molecule has 4 saturated carbocycles. The van der Waals surface area contributed by atoms with Gasteiger partial charge in [0.15, 0.2) is 0 Å². The largest absolute Gasteiger partial charge is 0.508 e. The second-order valence-corrected chi connectivity index (χ2v) is 9.19. The van der Waals surface area contributed by atoms with E-state index in [4.69, 9.17) is 0 Å². The third-order valence-electron chi connectivity index (χ3n) is 7.17. The topological polar surface area (TPSA) is 81.9 Å². The fraction of sp³-hybridized carbons (Fsp3) is 0.417. The zero-order valence-electron chi connectivity index (χ0n) is 16.3. The van der Waals surface area contributed by atoms with Gasteiger partial charge in [-0.3, -0.25) is 4.79 Å². The van der Waals surface area contributed by atoms with E-state index in [1.54, 1.807) is 36.4 Å². The number of amides is 1. The molecule has 5 heteroatoms. The predicted molar refractivity (Wildman–Crippen MR) is 111 cm³/mol. The molecule has 29 heavy (non-hydrogen) atoms. The summed E-state index contributed by atoms with van der Waals surface area (Å²) in [5.41, 5.74) is 4.53. The minimum absolute atomic E-state index is 0.0220. The monoisotopic (exact) mass is 390 g/mol. The van der Waals surface area contributed by atoms with Crippen LogP contribution in [0, 0.1) is 17.8 Å². The summed E-state index contributed by atoms with van der Waals surface area (Å²) < 4.78 is 0. The van der Waals surface area contributed by atoms with Gasteiger partial charge in [-0.1, -0.05) is 12.1 Å². The Kier molecular flexibility index (Phi) is 4.34. The highest BCUT2D eigenvalue weighted by atomic mass is 16.3. The number of nitrogens with zero attached hydrogens (tertiary/aromatic N) is 1. The number of para-hydroxylation sites is 1. The van der Waals surface area contributed by atoms with Crippen LogP contribution in [0.2, 0.25) is 0 Å². The number of aromatic hydroxyl groups is 2. The van der Waals surface area contributed by atoms with Crippen molar-refractivity contribution < 1.29 is 15.0 Å². The number of carbonyl (C=O) groups excluding carboxylic acids is 1. The summed E-state index contributed by atoms with van der Waals surface area (Å²) in [6.07, 6.45) is 8.81. The number of hydrogen-bond acceptors (Lipinski definition) is 4. The van der Waals surface area contributed by atoms with Gasteiger partial charge < -0.3 is 10.2 Å². The van der Waals surface area contributed by atoms with E-state index in [-0.39, 0.29) is 17.1 Å². The first kappa shape index (κ1) is 18.2. The fourth-order valence-corrected chi connectivity index (χ4v) is 6.36. The average Bonchev–Trinajstić information content (AvgIpc) is 2.68. The normalized spacial score (nSPS) is 30.0. The van der Waals surface area contributed by atoms with Crippen LogP contribution in [-0.2, 0) is 5.41 Å². The van der Waals surface area contributed by atoms with Crippen molar-refractivity contribution >= 4 is 12.1 Å². The summed E-state index contributed by atoms with van der Waals surface area (Å²) in [6, 6.07) is 12.0. The second kappa shape index (κ2) is 6.90. The summed E-state index contributed by atoms with van der Waals surface area (Å²) in [6.45, 7) is 0. The molecule has 4 bridgehead atoms. The lowest BCUT2D eigenvalue weighted by molar-refractivity contribution is -0.00615. The first-order valence-corrected chi connectivity index (χ1v) is 10.5. The Morgan fingerprint density at radius 1 is 0.966 bits per heavy atom. The molecule has 0 spiro atoms. The quantitative estimate of drug-likeness (QED) is 0.537. The van der Waals surface area contributed by atoms with Gasteiger partial charge in [-0.2, -0.15) is 5.10 Å². The van der Waals surface area contributed by atoms with Gasteiger partial charge in [0.25, 0.3) is 5.91 Å². The SMILES string of the molecule is O=C(N/N=C/c1ccccc1O)c1ccc(O)c(C23CC4CC(CC(C4)C2)C3)c1. The number of benzene rings is 2. The summed E-state index contributed by atoms with van der Waals surface area (Å²) in [4.78, 5) is 12.6. The Bertz CT molecular complexity index is 947. The maximum atomic E-state index is 12.6. The molecule has 1 amide bonds. The highest BCUT2D eigenvalue weighted by Gasteiger charge is 2.52. The van der Waals surface area contributed by atoms with Crippen LogP contribution >= 0.6 is 0 Å². The van der Waals surface area contributed by atoms with Crippen LogP contribution in [0.5, 0.6) is 11.5 Å². The second-order valence-electron chi connectivity index (χ2n) is 9.19. The zero-order chi connectivity index (χ0) is 20.0. The molecule has 4 aliphatic carbocycles. The first-order valence-electron chi connectivity index (χ1n) is 10.5. The predicted octanol–water partition coefficient (Wildman–Crippen LogP) is 4.33. The van der Waals surface area contributed by atoms with Gasteiger partial charge >= 0.3 is 0 Å². The van der Waals surface area contributed by atoms with Crippen LogP contribution in [0.15, 0.2) is 47.6 Å². The van der Waals surface area contributed by atoms with Crippen molar-refractivity contribution in [3.05, 3.63) is 59.2 Å². The van der Waals surface area contributed by atoms with Crippen molar-refractivity contribution in [2.24, 2.45) is 22.9 Å². The van der Waals surface area contributed by atoms with Crippen LogP contribution in [0.25, 0.3) is 0 Å². The Balaban J connectivity index is 1.37. The molecule has 150 valence electrons. The average molecular weight is 390 g/mol. The van der Waals surface area contributed by atoms with Crippen LogP contribution in [-0.4, -0.2) is 22.3 Å². The summed E-state index contributed by atoms with van der Waals surface area (Å²) in [7, 11) is 0. The molecule has 2 aromatic rings. The fourth-order valence-electron chi connectivity index (χ4n) is 6.36. The molecule has 3 N–H and O–H groups in total. The van der Waals surface area contributed by atoms with E-state index in [0.717, 1.165) is 42.6 Å². The van der Waals surface area contributed by atoms with E-state index < -0.39 is 0 Å². The van der Waals surface area contributed by atoms with Gasteiger partial charge in [-0.05, 0) is 92.0 Å². The number of rotatable bonds is 4. The molecule has 0 heterocycles. The Labute approximate surface area is 170 Å².